The van der Waals surface area contributed by atoms with Crippen molar-refractivity contribution in [1.82, 2.24) is 4.98 Å². The zero-order valence-electron chi connectivity index (χ0n) is 8.83. The normalized spacial score (nSPS) is 21.6. The monoisotopic (exact) mass is 191 g/mol. The Hall–Kier alpha value is -1.25. The molecule has 1 aliphatic rings. The summed E-state index contributed by atoms with van der Waals surface area (Å²) in [6.07, 6.45) is 3.03. The summed E-state index contributed by atoms with van der Waals surface area (Å²) in [5.74, 6) is 1.86. The van der Waals surface area contributed by atoms with Gasteiger partial charge in [0, 0.05) is 13.1 Å². The third-order valence-electron chi connectivity index (χ3n) is 2.88. The van der Waals surface area contributed by atoms with Crippen LogP contribution in [0.1, 0.15) is 18.9 Å². The second-order valence-electron chi connectivity index (χ2n) is 4.24. The maximum Gasteiger partial charge on any atom is 0.128 e. The summed E-state index contributed by atoms with van der Waals surface area (Å²) in [6, 6.07) is 2.08. The molecule has 0 radical (unpaired) electrons. The van der Waals surface area contributed by atoms with Gasteiger partial charge in [0.05, 0.1) is 11.9 Å². The van der Waals surface area contributed by atoms with Gasteiger partial charge in [-0.05, 0) is 30.9 Å². The van der Waals surface area contributed by atoms with Gasteiger partial charge >= 0.3 is 0 Å². The smallest absolute Gasteiger partial charge is 0.128 e. The first-order chi connectivity index (χ1) is 6.66. The van der Waals surface area contributed by atoms with Crippen molar-refractivity contribution in [2.24, 2.45) is 5.92 Å². The number of hydrogen-bond acceptors (Lipinski definition) is 3. The lowest BCUT2D eigenvalue weighted by Gasteiger charge is -2.17. The predicted octanol–water partition coefficient (Wildman–Crippen LogP) is 1.82. The molecule has 2 rings (SSSR count). The van der Waals surface area contributed by atoms with Crippen LogP contribution in [-0.4, -0.2) is 18.1 Å². The zero-order chi connectivity index (χ0) is 10.1. The van der Waals surface area contributed by atoms with Crippen LogP contribution in [0.4, 0.5) is 11.5 Å². The highest BCUT2D eigenvalue weighted by molar-refractivity contribution is 5.52. The molecule has 2 N–H and O–H groups in total. The van der Waals surface area contributed by atoms with E-state index in [-0.39, 0.29) is 0 Å². The van der Waals surface area contributed by atoms with E-state index in [0.717, 1.165) is 36.1 Å². The molecule has 0 aromatic carbocycles. The molecule has 0 saturated carbocycles. The van der Waals surface area contributed by atoms with Crippen molar-refractivity contribution in [3.8, 4) is 0 Å². The number of nitrogen functional groups attached to an aromatic ring is 1. The Kier molecular flexibility index (Phi) is 2.32. The molecule has 1 aromatic rings. The minimum absolute atomic E-state index is 0.779. The van der Waals surface area contributed by atoms with Crippen molar-refractivity contribution in [2.45, 2.75) is 20.3 Å². The summed E-state index contributed by atoms with van der Waals surface area (Å²) in [5, 5.41) is 0. The highest BCUT2D eigenvalue weighted by Crippen LogP contribution is 2.23. The number of nitrogens with zero attached hydrogens (tertiary/aromatic N) is 2. The molecule has 0 spiro atoms. The lowest BCUT2D eigenvalue weighted by atomic mass is 10.2. The van der Waals surface area contributed by atoms with Crippen LogP contribution in [0.15, 0.2) is 12.3 Å². The van der Waals surface area contributed by atoms with Crippen LogP contribution in [0, 0.1) is 12.8 Å². The van der Waals surface area contributed by atoms with Crippen LogP contribution in [0.3, 0.4) is 0 Å². The molecule has 0 bridgehead atoms. The Morgan fingerprint density at radius 1 is 1.57 bits per heavy atom. The largest absolute Gasteiger partial charge is 0.397 e. The quantitative estimate of drug-likeness (QED) is 0.736. The highest BCUT2D eigenvalue weighted by atomic mass is 15.2. The van der Waals surface area contributed by atoms with Crippen molar-refractivity contribution in [2.75, 3.05) is 23.7 Å². The molecule has 1 unspecified atom stereocenters. The Bertz CT molecular complexity index is 335. The van der Waals surface area contributed by atoms with Crippen LogP contribution < -0.4 is 10.6 Å². The van der Waals surface area contributed by atoms with Gasteiger partial charge < -0.3 is 10.6 Å². The van der Waals surface area contributed by atoms with E-state index in [9.17, 15) is 0 Å². The first-order valence-corrected chi connectivity index (χ1v) is 5.14. The molecule has 1 fully saturated rings. The van der Waals surface area contributed by atoms with E-state index in [1.165, 1.54) is 6.42 Å². The molecule has 3 nitrogen and oxygen atoms in total. The van der Waals surface area contributed by atoms with Crippen molar-refractivity contribution in [1.29, 1.82) is 0 Å². The van der Waals surface area contributed by atoms with E-state index in [2.05, 4.69) is 22.9 Å². The first-order valence-electron chi connectivity index (χ1n) is 5.14. The van der Waals surface area contributed by atoms with Gasteiger partial charge in [0.15, 0.2) is 0 Å². The molecular weight excluding hydrogens is 174 g/mol. The average Bonchev–Trinajstić information content (AvgIpc) is 2.57. The maximum absolute atomic E-state index is 5.73. The van der Waals surface area contributed by atoms with E-state index >= 15 is 0 Å². The summed E-state index contributed by atoms with van der Waals surface area (Å²) < 4.78 is 0. The van der Waals surface area contributed by atoms with Crippen LogP contribution in [0.5, 0.6) is 0 Å². The van der Waals surface area contributed by atoms with E-state index < -0.39 is 0 Å². The van der Waals surface area contributed by atoms with Gasteiger partial charge in [-0.2, -0.15) is 0 Å². The Labute approximate surface area is 84.9 Å². The molecule has 1 atom stereocenters. The SMILES string of the molecule is Cc1cc(N2CCC(C)C2)ncc1N. The van der Waals surface area contributed by atoms with Crippen molar-refractivity contribution < 1.29 is 0 Å². The van der Waals surface area contributed by atoms with Gasteiger partial charge in [0.1, 0.15) is 5.82 Å². The van der Waals surface area contributed by atoms with Crippen LogP contribution in [0.2, 0.25) is 0 Å². The number of nitrogens with two attached hydrogens (primary N) is 1. The summed E-state index contributed by atoms with van der Waals surface area (Å²) in [4.78, 5) is 6.69. The standard InChI is InChI=1S/C11H17N3/c1-8-3-4-14(7-8)11-5-9(2)10(12)6-13-11/h5-6,8H,3-4,7,12H2,1-2H3. The Balaban J connectivity index is 2.20. The molecule has 76 valence electrons. The Morgan fingerprint density at radius 2 is 2.36 bits per heavy atom. The number of hydrogen-bond donors (Lipinski definition) is 1. The minimum Gasteiger partial charge on any atom is -0.397 e. The second-order valence-corrected chi connectivity index (χ2v) is 4.24. The first kappa shape index (κ1) is 9.31. The number of aromatic nitrogens is 1. The topological polar surface area (TPSA) is 42.2 Å². The molecule has 0 aliphatic carbocycles. The molecular formula is C11H17N3. The van der Waals surface area contributed by atoms with Gasteiger partial charge in [-0.1, -0.05) is 6.92 Å². The van der Waals surface area contributed by atoms with E-state index in [1.54, 1.807) is 6.20 Å². The lowest BCUT2D eigenvalue weighted by Crippen LogP contribution is -2.20. The maximum atomic E-state index is 5.73. The molecule has 1 aromatic heterocycles. The highest BCUT2D eigenvalue weighted by Gasteiger charge is 2.19. The minimum atomic E-state index is 0.779. The van der Waals surface area contributed by atoms with Crippen molar-refractivity contribution in [3.63, 3.8) is 0 Å². The Morgan fingerprint density at radius 3 is 2.93 bits per heavy atom. The second kappa shape index (κ2) is 3.48. The van der Waals surface area contributed by atoms with E-state index in [4.69, 9.17) is 5.73 Å². The average molecular weight is 191 g/mol. The van der Waals surface area contributed by atoms with Crippen LogP contribution in [-0.2, 0) is 0 Å². The van der Waals surface area contributed by atoms with Gasteiger partial charge in [0.2, 0.25) is 0 Å². The van der Waals surface area contributed by atoms with Crippen molar-refractivity contribution in [3.05, 3.63) is 17.8 Å². The number of aryl methyl sites for hydroxylation is 1. The molecule has 2 heterocycles. The number of pyridine rings is 1. The van der Waals surface area contributed by atoms with Gasteiger partial charge in [0.25, 0.3) is 0 Å². The lowest BCUT2D eigenvalue weighted by molar-refractivity contribution is 0.659. The van der Waals surface area contributed by atoms with Gasteiger partial charge in [-0.25, -0.2) is 4.98 Å². The van der Waals surface area contributed by atoms with E-state index in [0.29, 0.717) is 0 Å². The third-order valence-corrected chi connectivity index (χ3v) is 2.88. The van der Waals surface area contributed by atoms with Gasteiger partial charge in [-0.15, -0.1) is 0 Å². The number of anilines is 2. The van der Waals surface area contributed by atoms with E-state index in [1.807, 2.05) is 6.92 Å². The molecule has 1 saturated heterocycles. The van der Waals surface area contributed by atoms with Gasteiger partial charge in [-0.3, -0.25) is 0 Å². The molecule has 0 amide bonds. The van der Waals surface area contributed by atoms with Crippen molar-refractivity contribution >= 4 is 11.5 Å². The fraction of sp³-hybridized carbons (Fsp3) is 0.545. The van der Waals surface area contributed by atoms with Crippen LogP contribution >= 0.6 is 0 Å². The fourth-order valence-electron chi connectivity index (χ4n) is 1.87. The van der Waals surface area contributed by atoms with Crippen LogP contribution in [0.25, 0.3) is 0 Å². The molecule has 14 heavy (non-hydrogen) atoms. The zero-order valence-corrected chi connectivity index (χ0v) is 8.83. The molecule has 3 heteroatoms. The predicted molar refractivity (Wildman–Crippen MR) is 59.4 cm³/mol. The molecule has 1 aliphatic heterocycles. The number of rotatable bonds is 1. The fourth-order valence-corrected chi connectivity index (χ4v) is 1.87. The summed E-state index contributed by atoms with van der Waals surface area (Å²) in [6.45, 7) is 6.55. The third kappa shape index (κ3) is 1.67. The summed E-state index contributed by atoms with van der Waals surface area (Å²) in [5.41, 5.74) is 7.63. The summed E-state index contributed by atoms with van der Waals surface area (Å²) in [7, 11) is 0. The summed E-state index contributed by atoms with van der Waals surface area (Å²) >= 11 is 0.